The van der Waals surface area contributed by atoms with E-state index in [-0.39, 0.29) is 0 Å². The highest BCUT2D eigenvalue weighted by Gasteiger charge is 2.10. The van der Waals surface area contributed by atoms with Gasteiger partial charge in [-0.05, 0) is 36.4 Å². The molecule has 3 N–H and O–H groups in total. The first kappa shape index (κ1) is 14.3. The molecule has 1 heterocycles. The molecule has 0 fully saturated rings. The van der Waals surface area contributed by atoms with Crippen LogP contribution in [-0.4, -0.2) is 9.97 Å². The number of hydrogen-bond donors (Lipinski definition) is 2. The van der Waals surface area contributed by atoms with Gasteiger partial charge in [0.15, 0.2) is 5.82 Å². The Labute approximate surface area is 136 Å². The Morgan fingerprint density at radius 2 is 1.68 bits per heavy atom. The Balaban J connectivity index is 1.84. The first-order valence-electron chi connectivity index (χ1n) is 6.58. The van der Waals surface area contributed by atoms with Crippen LogP contribution in [0.3, 0.4) is 0 Å². The summed E-state index contributed by atoms with van der Waals surface area (Å²) in [6.07, 6.45) is 1.41. The third kappa shape index (κ3) is 3.35. The molecule has 110 valence electrons. The topological polar surface area (TPSA) is 73.1 Å². The monoisotopic (exact) mass is 356 g/mol. The number of rotatable bonds is 4. The van der Waals surface area contributed by atoms with Crippen LogP contribution in [0.5, 0.6) is 11.6 Å². The Hall–Kier alpha value is -2.60. The Morgan fingerprint density at radius 3 is 2.41 bits per heavy atom. The van der Waals surface area contributed by atoms with Gasteiger partial charge in [0.25, 0.3) is 0 Å². The maximum atomic E-state index is 6.09. The van der Waals surface area contributed by atoms with Gasteiger partial charge in [-0.2, -0.15) is 4.98 Å². The predicted molar refractivity (Wildman–Crippen MR) is 90.4 cm³/mol. The number of nitrogen functional groups attached to an aromatic ring is 1. The summed E-state index contributed by atoms with van der Waals surface area (Å²) in [4.78, 5) is 8.24. The second kappa shape index (κ2) is 6.44. The number of nitrogens with one attached hydrogen (secondary N) is 1. The van der Waals surface area contributed by atoms with Crippen LogP contribution in [0.2, 0.25) is 0 Å². The molecule has 0 amide bonds. The van der Waals surface area contributed by atoms with Crippen molar-refractivity contribution in [3.8, 4) is 11.6 Å². The number of aromatic nitrogens is 2. The van der Waals surface area contributed by atoms with Crippen LogP contribution in [0.4, 0.5) is 17.2 Å². The average molecular weight is 357 g/mol. The fraction of sp³-hybridized carbons (Fsp3) is 0. The van der Waals surface area contributed by atoms with Crippen LogP contribution in [0.1, 0.15) is 0 Å². The SMILES string of the molecule is Nc1c(Nc2ccccc2)ncnc1Oc1ccc(Br)cc1. The van der Waals surface area contributed by atoms with Crippen molar-refractivity contribution >= 4 is 33.1 Å². The molecule has 0 saturated carbocycles. The minimum atomic E-state index is 0.316. The molecule has 0 bridgehead atoms. The molecule has 3 aromatic rings. The molecule has 0 atom stereocenters. The van der Waals surface area contributed by atoms with E-state index >= 15 is 0 Å². The van der Waals surface area contributed by atoms with Crippen LogP contribution < -0.4 is 15.8 Å². The van der Waals surface area contributed by atoms with Crippen molar-refractivity contribution in [2.24, 2.45) is 0 Å². The molecule has 6 heteroatoms. The second-order valence-corrected chi connectivity index (χ2v) is 5.40. The zero-order chi connectivity index (χ0) is 15.4. The van der Waals surface area contributed by atoms with Crippen molar-refractivity contribution in [2.45, 2.75) is 0 Å². The minimum Gasteiger partial charge on any atom is -0.437 e. The predicted octanol–water partition coefficient (Wildman–Crippen LogP) is 4.36. The van der Waals surface area contributed by atoms with E-state index in [9.17, 15) is 0 Å². The molecule has 0 aliphatic heterocycles. The normalized spacial score (nSPS) is 10.2. The Kier molecular flexibility index (Phi) is 4.20. The number of ether oxygens (including phenoxy) is 1. The molecule has 0 aliphatic carbocycles. The van der Waals surface area contributed by atoms with Gasteiger partial charge in [0.2, 0.25) is 5.88 Å². The number of hydrogen-bond acceptors (Lipinski definition) is 5. The molecular formula is C16H13BrN4O. The molecular weight excluding hydrogens is 344 g/mol. The summed E-state index contributed by atoms with van der Waals surface area (Å²) in [6, 6.07) is 17.1. The van der Waals surface area contributed by atoms with Crippen LogP contribution >= 0.6 is 15.9 Å². The van der Waals surface area contributed by atoms with Crippen molar-refractivity contribution in [2.75, 3.05) is 11.1 Å². The molecule has 0 unspecified atom stereocenters. The lowest BCUT2D eigenvalue weighted by molar-refractivity contribution is 0.464. The van der Waals surface area contributed by atoms with E-state index in [0.29, 0.717) is 23.1 Å². The number of benzene rings is 2. The lowest BCUT2D eigenvalue weighted by Gasteiger charge is -2.11. The fourth-order valence-electron chi connectivity index (χ4n) is 1.83. The highest BCUT2D eigenvalue weighted by molar-refractivity contribution is 9.10. The first-order chi connectivity index (χ1) is 10.7. The standard InChI is InChI=1S/C16H13BrN4O/c17-11-6-8-13(9-7-11)22-16-14(18)15(19-10-20-16)21-12-4-2-1-3-5-12/h1-10H,18H2,(H,19,20,21). The van der Waals surface area contributed by atoms with Gasteiger partial charge in [0.05, 0.1) is 0 Å². The van der Waals surface area contributed by atoms with Crippen LogP contribution in [0.25, 0.3) is 0 Å². The van der Waals surface area contributed by atoms with Gasteiger partial charge in [-0.25, -0.2) is 4.98 Å². The number of nitrogens with two attached hydrogens (primary N) is 1. The molecule has 0 saturated heterocycles. The van der Waals surface area contributed by atoms with Gasteiger partial charge in [-0.1, -0.05) is 34.1 Å². The number of halogens is 1. The molecule has 0 spiro atoms. The molecule has 22 heavy (non-hydrogen) atoms. The molecule has 1 aromatic heterocycles. The van der Waals surface area contributed by atoms with Gasteiger partial charge in [-0.3, -0.25) is 0 Å². The summed E-state index contributed by atoms with van der Waals surface area (Å²) in [5.41, 5.74) is 7.33. The smallest absolute Gasteiger partial charge is 0.248 e. The van der Waals surface area contributed by atoms with Crippen LogP contribution in [-0.2, 0) is 0 Å². The summed E-state index contributed by atoms with van der Waals surface area (Å²) in [5, 5.41) is 3.14. The van der Waals surface area contributed by atoms with Crippen LogP contribution in [0.15, 0.2) is 65.4 Å². The van der Waals surface area contributed by atoms with E-state index in [2.05, 4.69) is 31.2 Å². The van der Waals surface area contributed by atoms with Crippen molar-refractivity contribution in [1.29, 1.82) is 0 Å². The number of nitrogens with zero attached hydrogens (tertiary/aromatic N) is 2. The van der Waals surface area contributed by atoms with E-state index in [1.54, 1.807) is 0 Å². The summed E-state index contributed by atoms with van der Waals surface area (Å²) in [5.74, 6) is 1.48. The highest BCUT2D eigenvalue weighted by Crippen LogP contribution is 2.31. The molecule has 3 rings (SSSR count). The van der Waals surface area contributed by atoms with Gasteiger partial charge in [0.1, 0.15) is 17.8 Å². The minimum absolute atomic E-state index is 0.316. The van der Waals surface area contributed by atoms with Gasteiger partial charge < -0.3 is 15.8 Å². The second-order valence-electron chi connectivity index (χ2n) is 4.49. The van der Waals surface area contributed by atoms with Crippen molar-refractivity contribution in [1.82, 2.24) is 9.97 Å². The fourth-order valence-corrected chi connectivity index (χ4v) is 2.10. The molecule has 5 nitrogen and oxygen atoms in total. The van der Waals surface area contributed by atoms with Crippen molar-refractivity contribution in [3.63, 3.8) is 0 Å². The molecule has 0 radical (unpaired) electrons. The van der Waals surface area contributed by atoms with E-state index in [1.807, 2.05) is 54.6 Å². The summed E-state index contributed by atoms with van der Waals surface area (Å²) < 4.78 is 6.68. The average Bonchev–Trinajstić information content (AvgIpc) is 2.54. The maximum Gasteiger partial charge on any atom is 0.248 e. The van der Waals surface area contributed by atoms with E-state index in [1.165, 1.54) is 6.33 Å². The molecule has 0 aliphatic rings. The zero-order valence-electron chi connectivity index (χ0n) is 11.5. The first-order valence-corrected chi connectivity index (χ1v) is 7.37. The lowest BCUT2D eigenvalue weighted by Crippen LogP contribution is -2.03. The van der Waals surface area contributed by atoms with Crippen molar-refractivity contribution < 1.29 is 4.74 Å². The third-order valence-corrected chi connectivity index (χ3v) is 3.44. The Bertz CT molecular complexity index is 763. The number of anilines is 3. The van der Waals surface area contributed by atoms with Crippen molar-refractivity contribution in [3.05, 3.63) is 65.4 Å². The Morgan fingerprint density at radius 1 is 0.955 bits per heavy atom. The van der Waals surface area contributed by atoms with Gasteiger partial charge in [-0.15, -0.1) is 0 Å². The summed E-state index contributed by atoms with van der Waals surface area (Å²) in [7, 11) is 0. The van der Waals surface area contributed by atoms with Crippen LogP contribution in [0, 0.1) is 0 Å². The third-order valence-electron chi connectivity index (χ3n) is 2.91. The zero-order valence-corrected chi connectivity index (χ0v) is 13.1. The summed E-state index contributed by atoms with van der Waals surface area (Å²) in [6.45, 7) is 0. The van der Waals surface area contributed by atoms with Gasteiger partial charge >= 0.3 is 0 Å². The quantitative estimate of drug-likeness (QED) is 0.726. The van der Waals surface area contributed by atoms with E-state index in [0.717, 1.165) is 10.2 Å². The summed E-state index contributed by atoms with van der Waals surface area (Å²) >= 11 is 3.38. The molecule has 2 aromatic carbocycles. The van der Waals surface area contributed by atoms with E-state index < -0.39 is 0 Å². The largest absolute Gasteiger partial charge is 0.437 e. The highest BCUT2D eigenvalue weighted by atomic mass is 79.9. The van der Waals surface area contributed by atoms with E-state index in [4.69, 9.17) is 10.5 Å². The number of para-hydroxylation sites is 1. The maximum absolute atomic E-state index is 6.09. The lowest BCUT2D eigenvalue weighted by atomic mass is 10.3. The van der Waals surface area contributed by atoms with Gasteiger partial charge in [0, 0.05) is 10.2 Å².